The van der Waals surface area contributed by atoms with E-state index in [-0.39, 0.29) is 29.2 Å². The van der Waals surface area contributed by atoms with Gasteiger partial charge in [-0.3, -0.25) is 4.79 Å². The number of rotatable bonds is 8. The third kappa shape index (κ3) is 4.60. The predicted molar refractivity (Wildman–Crippen MR) is 80.8 cm³/mol. The van der Waals surface area contributed by atoms with E-state index in [0.717, 1.165) is 0 Å². The molecule has 0 aliphatic heterocycles. The Balaban J connectivity index is 3.17. The Hall–Kier alpha value is -1.80. The third-order valence-electron chi connectivity index (χ3n) is 3.03. The minimum Gasteiger partial charge on any atom is -0.495 e. The van der Waals surface area contributed by atoms with Crippen LogP contribution in [0.2, 0.25) is 0 Å². The van der Waals surface area contributed by atoms with Crippen molar-refractivity contribution in [3.63, 3.8) is 0 Å². The number of sulfonamides is 1. The van der Waals surface area contributed by atoms with Gasteiger partial charge in [-0.1, -0.05) is 6.07 Å². The number of hydrogen-bond donors (Lipinski definition) is 2. The van der Waals surface area contributed by atoms with Crippen LogP contribution in [0.1, 0.15) is 26.7 Å². The van der Waals surface area contributed by atoms with Crippen LogP contribution in [-0.2, 0) is 14.8 Å². The maximum atomic E-state index is 12.6. The first-order valence-electron chi connectivity index (χ1n) is 6.60. The number of benzene rings is 1. The molecule has 7 nitrogen and oxygen atoms in total. The van der Waals surface area contributed by atoms with E-state index in [1.807, 2.05) is 0 Å². The summed E-state index contributed by atoms with van der Waals surface area (Å²) in [6, 6.07) is 4.65. The number of carboxylic acids is 1. The van der Waals surface area contributed by atoms with Crippen molar-refractivity contribution in [3.05, 3.63) is 18.2 Å². The molecule has 2 N–H and O–H groups in total. The van der Waals surface area contributed by atoms with Crippen LogP contribution >= 0.6 is 0 Å². The normalized spacial score (nSPS) is 12.0. The monoisotopic (exact) mass is 331 g/mol. The highest BCUT2D eigenvalue weighted by atomic mass is 32.2. The first kappa shape index (κ1) is 18.2. The molecule has 0 aliphatic carbocycles. The fourth-order valence-electron chi connectivity index (χ4n) is 1.97. The number of carbonyl (C=O) groups is 1. The second-order valence-corrected chi connectivity index (χ2v) is 6.99. The molecule has 0 aromatic heterocycles. The Kier molecular flexibility index (Phi) is 5.78. The summed E-state index contributed by atoms with van der Waals surface area (Å²) < 4.78 is 38.0. The second kappa shape index (κ2) is 6.97. The van der Waals surface area contributed by atoms with E-state index in [2.05, 4.69) is 4.72 Å². The molecular formula is C14H21NO6S. The van der Waals surface area contributed by atoms with Crippen molar-refractivity contribution in [1.82, 2.24) is 4.72 Å². The van der Waals surface area contributed by atoms with Gasteiger partial charge < -0.3 is 14.6 Å². The maximum absolute atomic E-state index is 12.6. The molecule has 0 heterocycles. The molecule has 0 bridgehead atoms. The molecule has 0 amide bonds. The zero-order chi connectivity index (χ0) is 17.0. The van der Waals surface area contributed by atoms with E-state index in [1.165, 1.54) is 26.4 Å². The molecule has 22 heavy (non-hydrogen) atoms. The average Bonchev–Trinajstić information content (AvgIpc) is 2.43. The fourth-order valence-corrected chi connectivity index (χ4v) is 3.73. The van der Waals surface area contributed by atoms with Gasteiger partial charge in [0, 0.05) is 12.0 Å². The minimum absolute atomic E-state index is 0.108. The van der Waals surface area contributed by atoms with Crippen molar-refractivity contribution in [2.75, 3.05) is 14.2 Å². The van der Waals surface area contributed by atoms with E-state index in [0.29, 0.717) is 0 Å². The highest BCUT2D eigenvalue weighted by Crippen LogP contribution is 2.33. The Morgan fingerprint density at radius 1 is 1.23 bits per heavy atom. The van der Waals surface area contributed by atoms with Gasteiger partial charge in [-0.15, -0.1) is 0 Å². The quantitative estimate of drug-likeness (QED) is 0.750. The lowest BCUT2D eigenvalue weighted by Crippen LogP contribution is -2.43. The molecule has 1 rings (SSSR count). The van der Waals surface area contributed by atoms with Crippen molar-refractivity contribution in [2.45, 2.75) is 37.1 Å². The molecule has 1 aromatic carbocycles. The van der Waals surface area contributed by atoms with Gasteiger partial charge in [0.1, 0.15) is 11.5 Å². The van der Waals surface area contributed by atoms with Crippen LogP contribution < -0.4 is 14.2 Å². The first-order valence-corrected chi connectivity index (χ1v) is 8.08. The fraction of sp³-hybridized carbons (Fsp3) is 0.500. The predicted octanol–water partition coefficient (Wildman–Crippen LogP) is 1.63. The Labute approximate surface area is 130 Å². The lowest BCUT2D eigenvalue weighted by atomic mass is 10.0. The number of aliphatic carboxylic acids is 1. The maximum Gasteiger partial charge on any atom is 0.303 e. The first-order chi connectivity index (χ1) is 10.1. The SMILES string of the molecule is COc1cccc(OC)c1S(=O)(=O)NC(C)(C)CCC(=O)O. The standard InChI is InChI=1S/C14H21NO6S/c1-14(2,9-8-12(16)17)15-22(18,19)13-10(20-3)6-5-7-11(13)21-4/h5-7,15H,8-9H2,1-4H3,(H,16,17). The topological polar surface area (TPSA) is 102 Å². The molecule has 8 heteroatoms. The molecule has 1 aromatic rings. The zero-order valence-electron chi connectivity index (χ0n) is 13.0. The van der Waals surface area contributed by atoms with E-state index in [4.69, 9.17) is 14.6 Å². The summed E-state index contributed by atoms with van der Waals surface area (Å²) in [5.74, 6) is -0.677. The Morgan fingerprint density at radius 3 is 2.14 bits per heavy atom. The highest BCUT2D eigenvalue weighted by molar-refractivity contribution is 7.89. The van der Waals surface area contributed by atoms with Crippen LogP contribution in [-0.4, -0.2) is 39.3 Å². The van der Waals surface area contributed by atoms with Gasteiger partial charge in [-0.2, -0.15) is 0 Å². The summed E-state index contributed by atoms with van der Waals surface area (Å²) in [4.78, 5) is 10.6. The van der Waals surface area contributed by atoms with Crippen LogP contribution in [0.4, 0.5) is 0 Å². The van der Waals surface area contributed by atoms with Crippen molar-refractivity contribution in [1.29, 1.82) is 0 Å². The number of ether oxygens (including phenoxy) is 2. The smallest absolute Gasteiger partial charge is 0.303 e. The number of nitrogens with one attached hydrogen (secondary N) is 1. The summed E-state index contributed by atoms with van der Waals surface area (Å²) in [5, 5.41) is 8.74. The second-order valence-electron chi connectivity index (χ2n) is 5.37. The summed E-state index contributed by atoms with van der Waals surface area (Å²) in [6.45, 7) is 3.24. The molecular weight excluding hydrogens is 310 g/mol. The summed E-state index contributed by atoms with van der Waals surface area (Å²) in [5.41, 5.74) is -0.927. The molecule has 0 saturated heterocycles. The van der Waals surface area contributed by atoms with Gasteiger partial charge in [-0.05, 0) is 32.4 Å². The van der Waals surface area contributed by atoms with E-state index in [1.54, 1.807) is 19.9 Å². The van der Waals surface area contributed by atoms with Gasteiger partial charge >= 0.3 is 5.97 Å². The third-order valence-corrected chi connectivity index (χ3v) is 4.79. The zero-order valence-corrected chi connectivity index (χ0v) is 13.9. The number of methoxy groups -OCH3 is 2. The lowest BCUT2D eigenvalue weighted by molar-refractivity contribution is -0.137. The Morgan fingerprint density at radius 2 is 1.73 bits per heavy atom. The Bertz CT molecular complexity index is 616. The van der Waals surface area contributed by atoms with E-state index < -0.39 is 21.5 Å². The summed E-state index contributed by atoms with van der Waals surface area (Å²) >= 11 is 0. The minimum atomic E-state index is -3.94. The van der Waals surface area contributed by atoms with Gasteiger partial charge in [0.05, 0.1) is 14.2 Å². The summed E-state index contributed by atoms with van der Waals surface area (Å²) in [7, 11) is -1.22. The lowest BCUT2D eigenvalue weighted by Gasteiger charge is -2.26. The molecule has 124 valence electrons. The van der Waals surface area contributed by atoms with Crippen LogP contribution in [0.5, 0.6) is 11.5 Å². The molecule has 0 spiro atoms. The largest absolute Gasteiger partial charge is 0.495 e. The average molecular weight is 331 g/mol. The molecule has 0 fully saturated rings. The number of hydrogen-bond acceptors (Lipinski definition) is 5. The molecule has 0 saturated carbocycles. The molecule has 0 atom stereocenters. The van der Waals surface area contributed by atoms with Crippen LogP contribution in [0.15, 0.2) is 23.1 Å². The van der Waals surface area contributed by atoms with Gasteiger partial charge in [0.15, 0.2) is 4.90 Å². The van der Waals surface area contributed by atoms with E-state index >= 15 is 0 Å². The molecule has 0 radical (unpaired) electrons. The van der Waals surface area contributed by atoms with Gasteiger partial charge in [-0.25, -0.2) is 13.1 Å². The number of carboxylic acid groups (broad SMARTS) is 1. The van der Waals surface area contributed by atoms with Gasteiger partial charge in [0.2, 0.25) is 10.0 Å². The van der Waals surface area contributed by atoms with Crippen LogP contribution in [0, 0.1) is 0 Å². The molecule has 0 aliphatic rings. The van der Waals surface area contributed by atoms with Gasteiger partial charge in [0.25, 0.3) is 0 Å². The van der Waals surface area contributed by atoms with Crippen molar-refractivity contribution in [2.24, 2.45) is 0 Å². The van der Waals surface area contributed by atoms with Crippen LogP contribution in [0.25, 0.3) is 0 Å². The van der Waals surface area contributed by atoms with Crippen molar-refractivity contribution in [3.8, 4) is 11.5 Å². The van der Waals surface area contributed by atoms with Crippen molar-refractivity contribution >= 4 is 16.0 Å². The van der Waals surface area contributed by atoms with E-state index in [9.17, 15) is 13.2 Å². The van der Waals surface area contributed by atoms with Crippen molar-refractivity contribution < 1.29 is 27.8 Å². The van der Waals surface area contributed by atoms with Crippen LogP contribution in [0.3, 0.4) is 0 Å². The highest BCUT2D eigenvalue weighted by Gasteiger charge is 2.31. The molecule has 0 unspecified atom stereocenters. The summed E-state index contributed by atoms with van der Waals surface area (Å²) in [6.07, 6.45) is 0.0115.